The number of carbonyl (C=O) groups is 2. The SMILES string of the molecule is N#Cc1ccc(-c2ccc(OCCCCCCCCOc3ccc(C=Nc4ccc(C(=O)Oc5cccc(OC(=O)c6ccc(N=Cc7ccc(OCCCCCCCCOc8ccc(-c9ccc(C#N)cc9)cc8)cc7O)cc6)c5)cc4)c(O)c3)cc2)cc1. The van der Waals surface area contributed by atoms with Gasteiger partial charge in [0, 0.05) is 41.8 Å². The molecule has 14 heteroatoms. The van der Waals surface area contributed by atoms with Crippen LogP contribution in [0.1, 0.15) is 120 Å². The van der Waals surface area contributed by atoms with E-state index in [-0.39, 0.29) is 34.1 Å². The number of ether oxygens (including phenoxy) is 6. The summed E-state index contributed by atoms with van der Waals surface area (Å²) < 4.78 is 34.9. The van der Waals surface area contributed by atoms with Crippen molar-refractivity contribution < 1.29 is 48.2 Å². The lowest BCUT2D eigenvalue weighted by molar-refractivity contribution is 0.0732. The zero-order valence-corrected chi connectivity index (χ0v) is 50.0. The molecular weight excluding hydrogens is 1130 g/mol. The van der Waals surface area contributed by atoms with Gasteiger partial charge in [0.15, 0.2) is 0 Å². The summed E-state index contributed by atoms with van der Waals surface area (Å²) in [4.78, 5) is 35.2. The summed E-state index contributed by atoms with van der Waals surface area (Å²) in [6.45, 7) is 2.43. The molecule has 0 radical (unpaired) electrons. The molecule has 0 aromatic heterocycles. The van der Waals surface area contributed by atoms with Crippen LogP contribution in [0.25, 0.3) is 22.3 Å². The second kappa shape index (κ2) is 33.8. The summed E-state index contributed by atoms with van der Waals surface area (Å²) in [5.41, 5.74) is 8.27. The van der Waals surface area contributed by atoms with Crippen molar-refractivity contribution in [2.75, 3.05) is 26.4 Å². The number of phenolic OH excluding ortho intramolecular Hbond substituents is 2. The first-order chi connectivity index (χ1) is 44.1. The zero-order chi connectivity index (χ0) is 62.5. The van der Waals surface area contributed by atoms with Crippen molar-refractivity contribution >= 4 is 35.7 Å². The van der Waals surface area contributed by atoms with Crippen LogP contribution in [0.3, 0.4) is 0 Å². The van der Waals surface area contributed by atoms with E-state index in [1.54, 1.807) is 116 Å². The first-order valence-electron chi connectivity index (χ1n) is 30.4. The average molecular weight is 1200 g/mol. The third-order valence-electron chi connectivity index (χ3n) is 14.7. The van der Waals surface area contributed by atoms with E-state index in [2.05, 4.69) is 22.1 Å². The van der Waals surface area contributed by atoms with Crippen molar-refractivity contribution in [1.29, 1.82) is 10.5 Å². The summed E-state index contributed by atoms with van der Waals surface area (Å²) in [7, 11) is 0. The van der Waals surface area contributed by atoms with Crippen molar-refractivity contribution in [2.45, 2.75) is 77.0 Å². The molecule has 0 saturated carbocycles. The molecule has 0 spiro atoms. The van der Waals surface area contributed by atoms with Crippen molar-refractivity contribution in [3.63, 3.8) is 0 Å². The molecule has 0 saturated heterocycles. The average Bonchev–Trinajstić information content (AvgIpc) is 3.39. The molecule has 0 fully saturated rings. The molecule has 0 aliphatic heterocycles. The minimum Gasteiger partial charge on any atom is -0.507 e. The summed E-state index contributed by atoms with van der Waals surface area (Å²) in [6, 6.07) is 64.9. The number of benzene rings is 9. The lowest BCUT2D eigenvalue weighted by Gasteiger charge is -2.09. The maximum Gasteiger partial charge on any atom is 0.343 e. The highest BCUT2D eigenvalue weighted by Gasteiger charge is 2.14. The second-order valence-corrected chi connectivity index (χ2v) is 21.4. The van der Waals surface area contributed by atoms with E-state index < -0.39 is 11.9 Å². The Morgan fingerprint density at radius 2 is 0.667 bits per heavy atom. The first kappa shape index (κ1) is 63.5. The zero-order valence-electron chi connectivity index (χ0n) is 50.0. The smallest absolute Gasteiger partial charge is 0.343 e. The molecule has 14 nitrogen and oxygen atoms in total. The van der Waals surface area contributed by atoms with Gasteiger partial charge in [-0.05, 0) is 181 Å². The van der Waals surface area contributed by atoms with E-state index in [0.29, 0.717) is 71.6 Å². The first-order valence-corrected chi connectivity index (χ1v) is 30.4. The number of rotatable bonds is 32. The number of hydrogen-bond donors (Lipinski definition) is 2. The van der Waals surface area contributed by atoms with Crippen LogP contribution >= 0.6 is 0 Å². The number of aliphatic imine (C=N–C) groups is 2. The molecule has 0 heterocycles. The lowest BCUT2D eigenvalue weighted by atomic mass is 10.0. The third kappa shape index (κ3) is 20.1. The minimum atomic E-state index is -0.618. The molecule has 2 N–H and O–H groups in total. The molecule has 0 bridgehead atoms. The van der Waals surface area contributed by atoms with Gasteiger partial charge in [-0.15, -0.1) is 0 Å². The Hall–Kier alpha value is -11.0. The maximum atomic E-state index is 13.1. The Morgan fingerprint density at radius 3 is 1.00 bits per heavy atom. The standard InChI is InChI=1S/C76H70N4O10/c77-51-55-16-20-57(21-17-55)59-28-38-67(39-29-59)85-44-9-5-1-3-7-11-46-87-69-42-32-63(73(81)49-69)53-79-65-34-24-61(25-35-65)75(83)89-71-14-13-15-72(48-71)90-76(84)62-26-36-66(37-27-62)80-54-64-33-43-70(50-74(64)82)88-47-12-8-4-2-6-10-45-86-68-40-30-60(31-41-68)58-22-18-56(52-78)19-23-58/h13-43,48-50,53-54,81-82H,1-12,44-47H2. The van der Waals surface area contributed by atoms with Gasteiger partial charge < -0.3 is 38.6 Å². The molecule has 454 valence electrons. The molecule has 90 heavy (non-hydrogen) atoms. The van der Waals surface area contributed by atoms with Crippen molar-refractivity contribution in [3.8, 4) is 80.4 Å². The topological polar surface area (TPSA) is 202 Å². The van der Waals surface area contributed by atoms with Crippen molar-refractivity contribution in [2.24, 2.45) is 9.98 Å². The number of aromatic hydroxyl groups is 2. The quantitative estimate of drug-likeness (QED) is 0.0175. The number of carbonyl (C=O) groups excluding carboxylic acids is 2. The van der Waals surface area contributed by atoms with Gasteiger partial charge in [0.2, 0.25) is 0 Å². The Labute approximate surface area is 525 Å². The number of phenols is 2. The van der Waals surface area contributed by atoms with E-state index in [1.165, 1.54) is 6.07 Å². The normalized spacial score (nSPS) is 11.0. The number of esters is 2. The van der Waals surface area contributed by atoms with Gasteiger partial charge in [-0.25, -0.2) is 9.59 Å². The molecule has 0 unspecified atom stereocenters. The van der Waals surface area contributed by atoms with Crippen molar-refractivity contribution in [3.05, 3.63) is 240 Å². The fourth-order valence-electron chi connectivity index (χ4n) is 9.58. The molecule has 0 atom stereocenters. The summed E-state index contributed by atoms with van der Waals surface area (Å²) >= 11 is 0. The minimum absolute atomic E-state index is 0.0338. The Morgan fingerprint density at radius 1 is 0.356 bits per heavy atom. The summed E-state index contributed by atoms with van der Waals surface area (Å²) in [5, 5.41) is 39.4. The van der Waals surface area contributed by atoms with Gasteiger partial charge in [-0.2, -0.15) is 10.5 Å². The van der Waals surface area contributed by atoms with E-state index in [0.717, 1.165) is 111 Å². The molecule has 0 aliphatic carbocycles. The van der Waals surface area contributed by atoms with E-state index in [4.69, 9.17) is 38.9 Å². The van der Waals surface area contributed by atoms with Crippen LogP contribution in [0.5, 0.6) is 46.0 Å². The van der Waals surface area contributed by atoms with Gasteiger partial charge in [-0.3, -0.25) is 9.98 Å². The lowest BCUT2D eigenvalue weighted by Crippen LogP contribution is -2.10. The molecule has 9 rings (SSSR count). The third-order valence-corrected chi connectivity index (χ3v) is 14.7. The van der Waals surface area contributed by atoms with Crippen LogP contribution in [-0.4, -0.2) is 61.0 Å². The largest absolute Gasteiger partial charge is 0.507 e. The molecule has 9 aromatic rings. The monoisotopic (exact) mass is 1200 g/mol. The Kier molecular flexibility index (Phi) is 23.9. The second-order valence-electron chi connectivity index (χ2n) is 21.4. The van der Waals surface area contributed by atoms with Crippen LogP contribution in [-0.2, 0) is 0 Å². The number of unbranched alkanes of at least 4 members (excludes halogenated alkanes) is 10. The highest BCUT2D eigenvalue weighted by atomic mass is 16.5. The van der Waals surface area contributed by atoms with E-state index in [9.17, 15) is 19.8 Å². The van der Waals surface area contributed by atoms with Crippen LogP contribution in [0.4, 0.5) is 11.4 Å². The fraction of sp³-hybridized carbons (Fsp3) is 0.211. The highest BCUT2D eigenvalue weighted by Crippen LogP contribution is 2.29. The molecule has 0 aliphatic rings. The Bertz CT molecular complexity index is 3660. The van der Waals surface area contributed by atoms with Crippen LogP contribution in [0.15, 0.2) is 216 Å². The van der Waals surface area contributed by atoms with Crippen LogP contribution in [0, 0.1) is 22.7 Å². The van der Waals surface area contributed by atoms with Gasteiger partial charge in [0.05, 0.1) is 72.2 Å². The fourth-order valence-corrected chi connectivity index (χ4v) is 9.58. The van der Waals surface area contributed by atoms with E-state index in [1.807, 2.05) is 97.1 Å². The van der Waals surface area contributed by atoms with E-state index >= 15 is 0 Å². The molecule has 0 amide bonds. The predicted molar refractivity (Wildman–Crippen MR) is 351 cm³/mol. The van der Waals surface area contributed by atoms with Gasteiger partial charge in [0.1, 0.15) is 46.0 Å². The number of nitriles is 2. The molecular formula is C76H70N4O10. The van der Waals surface area contributed by atoms with Crippen LogP contribution < -0.4 is 28.4 Å². The van der Waals surface area contributed by atoms with Crippen LogP contribution in [0.2, 0.25) is 0 Å². The van der Waals surface area contributed by atoms with Gasteiger partial charge >= 0.3 is 11.9 Å². The summed E-state index contributed by atoms with van der Waals surface area (Å²) in [5.74, 6) is 2.04. The number of hydrogen-bond acceptors (Lipinski definition) is 14. The maximum absolute atomic E-state index is 13.1. The summed E-state index contributed by atoms with van der Waals surface area (Å²) in [6.07, 6.45) is 15.6. The predicted octanol–water partition coefficient (Wildman–Crippen LogP) is 17.7. The Balaban J connectivity index is 0.609. The highest BCUT2D eigenvalue weighted by molar-refractivity contribution is 5.93. The number of nitrogens with zero attached hydrogens (tertiary/aromatic N) is 4. The van der Waals surface area contributed by atoms with Crippen molar-refractivity contribution in [1.82, 2.24) is 0 Å². The van der Waals surface area contributed by atoms with Gasteiger partial charge in [-0.1, -0.05) is 106 Å². The van der Waals surface area contributed by atoms with Gasteiger partial charge in [0.25, 0.3) is 0 Å². The molecule has 9 aromatic carbocycles.